The van der Waals surface area contributed by atoms with Crippen molar-refractivity contribution in [1.29, 1.82) is 0 Å². The zero-order chi connectivity index (χ0) is 15.8. The van der Waals surface area contributed by atoms with Gasteiger partial charge >= 0.3 is 0 Å². The number of hydrogen-bond donors (Lipinski definition) is 0. The van der Waals surface area contributed by atoms with Gasteiger partial charge in [0.1, 0.15) is 11.2 Å². The quantitative estimate of drug-likeness (QED) is 0.857. The molecule has 21 heavy (non-hydrogen) atoms. The number of ether oxygens (including phenoxy) is 3. The van der Waals surface area contributed by atoms with Crippen LogP contribution in [0.5, 0.6) is 11.5 Å². The molecule has 5 nitrogen and oxygen atoms in total. The Kier molecular flexibility index (Phi) is 3.89. The monoisotopic (exact) mass is 293 g/mol. The van der Waals surface area contributed by atoms with E-state index in [0.717, 1.165) is 5.56 Å². The normalized spacial score (nSPS) is 24.9. The maximum absolute atomic E-state index is 12.1. The van der Waals surface area contributed by atoms with Crippen molar-refractivity contribution in [1.82, 2.24) is 4.90 Å². The number of morpholine rings is 1. The predicted molar refractivity (Wildman–Crippen MR) is 79.7 cm³/mol. The van der Waals surface area contributed by atoms with E-state index in [1.807, 2.05) is 25.1 Å². The minimum Gasteiger partial charge on any atom is -0.493 e. The molecular weight excluding hydrogens is 270 g/mol. The Bertz CT molecular complexity index is 555. The number of benzene rings is 1. The number of methoxy groups -OCH3 is 2. The Morgan fingerprint density at radius 2 is 1.76 bits per heavy atom. The fourth-order valence-electron chi connectivity index (χ4n) is 2.94. The van der Waals surface area contributed by atoms with Gasteiger partial charge in [-0.1, -0.05) is 6.07 Å². The van der Waals surface area contributed by atoms with Gasteiger partial charge in [-0.25, -0.2) is 0 Å². The van der Waals surface area contributed by atoms with Crippen LogP contribution in [0.4, 0.5) is 0 Å². The fraction of sp³-hybridized carbons (Fsp3) is 0.562. The van der Waals surface area contributed by atoms with Crippen molar-refractivity contribution in [2.75, 3.05) is 27.8 Å². The van der Waals surface area contributed by atoms with Crippen LogP contribution in [0.1, 0.15) is 26.3 Å². The SMILES string of the molecule is COc1ccc(C2(C)CN(C)C(=O)C(C)(C)O2)cc1OC. The second kappa shape index (κ2) is 5.22. The van der Waals surface area contributed by atoms with Crippen LogP contribution in [0.3, 0.4) is 0 Å². The number of amides is 1. The Morgan fingerprint density at radius 1 is 1.14 bits per heavy atom. The molecule has 2 rings (SSSR count). The highest BCUT2D eigenvalue weighted by Gasteiger charge is 2.47. The van der Waals surface area contributed by atoms with Gasteiger partial charge in [-0.15, -0.1) is 0 Å². The Hall–Kier alpha value is -1.75. The van der Waals surface area contributed by atoms with E-state index in [2.05, 4.69) is 0 Å². The molecule has 1 atom stereocenters. The average molecular weight is 293 g/mol. The van der Waals surface area contributed by atoms with E-state index in [-0.39, 0.29) is 5.91 Å². The molecule has 1 aliphatic heterocycles. The lowest BCUT2D eigenvalue weighted by Gasteiger charge is -2.46. The molecule has 1 unspecified atom stereocenters. The third-order valence-corrected chi connectivity index (χ3v) is 3.88. The Balaban J connectivity index is 2.42. The summed E-state index contributed by atoms with van der Waals surface area (Å²) in [7, 11) is 5.00. The van der Waals surface area contributed by atoms with Crippen LogP contribution in [-0.2, 0) is 15.1 Å². The van der Waals surface area contributed by atoms with Crippen LogP contribution in [0.2, 0.25) is 0 Å². The van der Waals surface area contributed by atoms with Crippen LogP contribution in [0.15, 0.2) is 18.2 Å². The molecule has 0 spiro atoms. The molecule has 1 fully saturated rings. The van der Waals surface area contributed by atoms with Crippen molar-refractivity contribution < 1.29 is 19.0 Å². The molecule has 0 bridgehead atoms. The third-order valence-electron chi connectivity index (χ3n) is 3.88. The van der Waals surface area contributed by atoms with Crippen LogP contribution < -0.4 is 9.47 Å². The summed E-state index contributed by atoms with van der Waals surface area (Å²) in [6, 6.07) is 5.70. The first-order valence-electron chi connectivity index (χ1n) is 6.92. The molecule has 0 saturated carbocycles. The van der Waals surface area contributed by atoms with Crippen molar-refractivity contribution in [2.45, 2.75) is 32.0 Å². The standard InChI is InChI=1S/C16H23NO4/c1-15(2)14(18)17(4)10-16(3,21-15)11-7-8-12(19-5)13(9-11)20-6/h7-9H,10H2,1-6H3. The average Bonchev–Trinajstić information content (AvgIpc) is 2.43. The summed E-state index contributed by atoms with van der Waals surface area (Å²) in [5.41, 5.74) is -0.492. The first-order chi connectivity index (χ1) is 9.73. The van der Waals surface area contributed by atoms with Gasteiger partial charge in [0.25, 0.3) is 5.91 Å². The number of carbonyl (C=O) groups excluding carboxylic acids is 1. The molecule has 1 aromatic carbocycles. The van der Waals surface area contributed by atoms with Crippen molar-refractivity contribution >= 4 is 5.91 Å². The van der Waals surface area contributed by atoms with Crippen LogP contribution in [0.25, 0.3) is 0 Å². The van der Waals surface area contributed by atoms with E-state index in [0.29, 0.717) is 18.0 Å². The minimum atomic E-state index is -0.852. The zero-order valence-corrected chi connectivity index (χ0v) is 13.5. The Labute approximate surface area is 125 Å². The number of nitrogens with zero attached hydrogens (tertiary/aromatic N) is 1. The lowest BCUT2D eigenvalue weighted by Crippen LogP contribution is -2.59. The van der Waals surface area contributed by atoms with Gasteiger partial charge in [-0.05, 0) is 38.5 Å². The summed E-state index contributed by atoms with van der Waals surface area (Å²) in [5, 5.41) is 0. The number of rotatable bonds is 3. The molecule has 0 aromatic heterocycles. The fourth-order valence-corrected chi connectivity index (χ4v) is 2.94. The van der Waals surface area contributed by atoms with Gasteiger partial charge < -0.3 is 19.1 Å². The molecule has 0 aliphatic carbocycles. The maximum atomic E-state index is 12.1. The third kappa shape index (κ3) is 2.70. The predicted octanol–water partition coefficient (Wildman–Crippen LogP) is 2.19. The van der Waals surface area contributed by atoms with Crippen LogP contribution in [-0.4, -0.2) is 44.2 Å². The minimum absolute atomic E-state index is 0.0135. The number of likely N-dealkylation sites (N-methyl/N-ethyl adjacent to an activating group) is 1. The van der Waals surface area contributed by atoms with Gasteiger partial charge in [0.05, 0.1) is 20.8 Å². The zero-order valence-electron chi connectivity index (χ0n) is 13.5. The molecular formula is C16H23NO4. The van der Waals surface area contributed by atoms with Crippen molar-refractivity contribution in [3.8, 4) is 11.5 Å². The molecule has 1 aliphatic rings. The summed E-state index contributed by atoms with van der Waals surface area (Å²) in [5.74, 6) is 1.31. The van der Waals surface area contributed by atoms with Crippen molar-refractivity contribution in [2.24, 2.45) is 0 Å². The van der Waals surface area contributed by atoms with Gasteiger partial charge in [-0.3, -0.25) is 4.79 Å². The summed E-state index contributed by atoms with van der Waals surface area (Å²) < 4.78 is 16.7. The summed E-state index contributed by atoms with van der Waals surface area (Å²) in [4.78, 5) is 13.9. The van der Waals surface area contributed by atoms with Crippen LogP contribution >= 0.6 is 0 Å². The molecule has 1 amide bonds. The van der Waals surface area contributed by atoms with E-state index in [4.69, 9.17) is 14.2 Å². The summed E-state index contributed by atoms with van der Waals surface area (Å²) >= 11 is 0. The van der Waals surface area contributed by atoms with Crippen LogP contribution in [0, 0.1) is 0 Å². The molecule has 116 valence electrons. The molecule has 1 heterocycles. The highest BCUT2D eigenvalue weighted by atomic mass is 16.5. The summed E-state index contributed by atoms with van der Waals surface area (Å²) in [6.45, 7) is 6.07. The van der Waals surface area contributed by atoms with E-state index in [1.54, 1.807) is 40.0 Å². The molecule has 0 radical (unpaired) electrons. The largest absolute Gasteiger partial charge is 0.493 e. The second-order valence-electron chi connectivity index (χ2n) is 6.07. The lowest BCUT2D eigenvalue weighted by molar-refractivity contribution is -0.202. The van der Waals surface area contributed by atoms with Crippen molar-refractivity contribution in [3.63, 3.8) is 0 Å². The first-order valence-corrected chi connectivity index (χ1v) is 6.92. The second-order valence-corrected chi connectivity index (χ2v) is 6.07. The van der Waals surface area contributed by atoms with Gasteiger partial charge in [0, 0.05) is 7.05 Å². The smallest absolute Gasteiger partial charge is 0.254 e. The first kappa shape index (κ1) is 15.6. The highest BCUT2D eigenvalue weighted by molar-refractivity contribution is 5.85. The van der Waals surface area contributed by atoms with Gasteiger partial charge in [-0.2, -0.15) is 0 Å². The summed E-state index contributed by atoms with van der Waals surface area (Å²) in [6.07, 6.45) is 0. The lowest BCUT2D eigenvalue weighted by atomic mass is 9.90. The maximum Gasteiger partial charge on any atom is 0.254 e. The van der Waals surface area contributed by atoms with Gasteiger partial charge in [0.2, 0.25) is 0 Å². The molecule has 1 saturated heterocycles. The molecule has 5 heteroatoms. The molecule has 0 N–H and O–H groups in total. The Morgan fingerprint density at radius 3 is 2.29 bits per heavy atom. The van der Waals surface area contributed by atoms with E-state index < -0.39 is 11.2 Å². The van der Waals surface area contributed by atoms with Crippen molar-refractivity contribution in [3.05, 3.63) is 23.8 Å². The highest BCUT2D eigenvalue weighted by Crippen LogP contribution is 2.39. The molecule has 1 aromatic rings. The number of hydrogen-bond acceptors (Lipinski definition) is 4. The van der Waals surface area contributed by atoms with E-state index >= 15 is 0 Å². The number of carbonyl (C=O) groups is 1. The van der Waals surface area contributed by atoms with E-state index in [1.165, 1.54) is 0 Å². The van der Waals surface area contributed by atoms with E-state index in [9.17, 15) is 4.79 Å². The topological polar surface area (TPSA) is 48.0 Å². The van der Waals surface area contributed by atoms with Gasteiger partial charge in [0.15, 0.2) is 11.5 Å².